The topological polar surface area (TPSA) is 0 Å². The molecule has 3 aliphatic rings. The van der Waals surface area contributed by atoms with E-state index in [1.807, 2.05) is 0 Å². The van der Waals surface area contributed by atoms with Crippen LogP contribution in [0.2, 0.25) is 0 Å². The molecule has 0 aromatic heterocycles. The molecule has 0 bridgehead atoms. The predicted molar refractivity (Wildman–Crippen MR) is 214 cm³/mol. The summed E-state index contributed by atoms with van der Waals surface area (Å²) in [4.78, 5) is 4.35. The molecule has 0 aliphatic heterocycles. The van der Waals surface area contributed by atoms with Gasteiger partial charge in [-0.05, 0) is 118 Å². The highest BCUT2D eigenvalue weighted by atomic mass is 32.3. The van der Waals surface area contributed by atoms with Crippen molar-refractivity contribution in [3.63, 3.8) is 0 Å². The normalized spacial score (nSPS) is 17.3. The molecule has 0 saturated heterocycles. The summed E-state index contributed by atoms with van der Waals surface area (Å²) < 4.78 is -0.0928. The Bertz CT molecular complexity index is 2130. The standard InChI is InChI=1S/C49H48S/c1-46(2,3)50(31-22-25-37-34-16-10-13-19-40(34)47(4,5)43(37)28-31,32-23-26-38-35-17-11-14-20-41(35)48(6,7)44(38)29-32)33-24-27-39-36-18-12-15-21-42(36)49(8,9)45(39)30-33/h10-30H,1-9H3. The molecule has 3 aliphatic carbocycles. The summed E-state index contributed by atoms with van der Waals surface area (Å²) in [6, 6.07) is 49.8. The lowest BCUT2D eigenvalue weighted by molar-refractivity contribution is 0.656. The van der Waals surface area contributed by atoms with Crippen molar-refractivity contribution < 1.29 is 0 Å². The Morgan fingerprint density at radius 2 is 0.600 bits per heavy atom. The first kappa shape index (κ1) is 31.6. The van der Waals surface area contributed by atoms with Crippen molar-refractivity contribution in [2.75, 3.05) is 0 Å². The van der Waals surface area contributed by atoms with Crippen molar-refractivity contribution in [2.24, 2.45) is 0 Å². The fourth-order valence-corrected chi connectivity index (χ4v) is 14.7. The maximum absolute atomic E-state index is 2.62. The van der Waals surface area contributed by atoms with E-state index in [2.05, 4.69) is 190 Å². The molecule has 0 atom stereocenters. The van der Waals surface area contributed by atoms with Crippen LogP contribution >= 0.6 is 10.0 Å². The number of hydrogen-bond acceptors (Lipinski definition) is 0. The highest BCUT2D eigenvalue weighted by molar-refractivity contribution is 8.34. The van der Waals surface area contributed by atoms with Crippen LogP contribution in [-0.4, -0.2) is 4.75 Å². The molecule has 6 aromatic rings. The fourth-order valence-electron chi connectivity index (χ4n) is 10.1. The molecule has 1 heteroatoms. The van der Waals surface area contributed by atoms with Crippen LogP contribution in [0.25, 0.3) is 33.4 Å². The van der Waals surface area contributed by atoms with E-state index in [0.29, 0.717) is 0 Å². The third-order valence-corrected chi connectivity index (χ3v) is 17.4. The summed E-state index contributed by atoms with van der Waals surface area (Å²) in [5.41, 5.74) is 16.7. The average molecular weight is 669 g/mol. The van der Waals surface area contributed by atoms with Gasteiger partial charge < -0.3 is 0 Å². The SMILES string of the molecule is CC1(C)c2ccccc2-c2ccc(S(c3ccc4c(c3)C(C)(C)c3ccccc3-4)(c3ccc4c(c3)C(C)(C)c3ccccc3-4)C(C)(C)C)cc21. The molecule has 6 aromatic carbocycles. The fraction of sp³-hybridized carbons (Fsp3) is 0.265. The van der Waals surface area contributed by atoms with Gasteiger partial charge in [0.2, 0.25) is 0 Å². The van der Waals surface area contributed by atoms with Crippen LogP contribution in [0, 0.1) is 0 Å². The molecule has 9 rings (SSSR count). The van der Waals surface area contributed by atoms with E-state index >= 15 is 0 Å². The Morgan fingerprint density at radius 3 is 0.880 bits per heavy atom. The minimum atomic E-state index is -1.83. The Labute approximate surface area is 301 Å². The van der Waals surface area contributed by atoms with Crippen LogP contribution in [0.15, 0.2) is 142 Å². The van der Waals surface area contributed by atoms with E-state index < -0.39 is 10.0 Å². The largest absolute Gasteiger partial charge is 0.155 e. The van der Waals surface area contributed by atoms with Gasteiger partial charge in [0, 0.05) is 21.0 Å². The molecular formula is C49H48S. The van der Waals surface area contributed by atoms with Gasteiger partial charge in [-0.1, -0.05) is 153 Å². The molecule has 0 fully saturated rings. The summed E-state index contributed by atoms with van der Waals surface area (Å²) in [7, 11) is -1.83. The molecule has 0 unspecified atom stereocenters. The molecule has 0 N–H and O–H groups in total. The lowest BCUT2D eigenvalue weighted by Crippen LogP contribution is -2.28. The molecule has 250 valence electrons. The van der Waals surface area contributed by atoms with Gasteiger partial charge in [0.05, 0.1) is 0 Å². The number of hydrogen-bond donors (Lipinski definition) is 0. The van der Waals surface area contributed by atoms with Gasteiger partial charge in [-0.15, -0.1) is 0 Å². The van der Waals surface area contributed by atoms with Crippen molar-refractivity contribution in [2.45, 2.75) is 98.0 Å². The number of fused-ring (bicyclic) bond motifs is 9. The molecule has 50 heavy (non-hydrogen) atoms. The molecular weight excluding hydrogens is 621 g/mol. The van der Waals surface area contributed by atoms with E-state index in [1.54, 1.807) is 0 Å². The zero-order valence-corrected chi connectivity index (χ0v) is 31.8. The first-order chi connectivity index (χ1) is 23.7. The van der Waals surface area contributed by atoms with Crippen LogP contribution in [0.1, 0.15) is 95.7 Å². The minimum Gasteiger partial charge on any atom is -0.155 e. The predicted octanol–water partition coefficient (Wildman–Crippen LogP) is 13.7. The second-order valence-electron chi connectivity index (χ2n) is 17.4. The number of rotatable bonds is 3. The van der Waals surface area contributed by atoms with Gasteiger partial charge >= 0.3 is 0 Å². The highest BCUT2D eigenvalue weighted by Crippen LogP contribution is 2.77. The zero-order valence-electron chi connectivity index (χ0n) is 31.0. The third kappa shape index (κ3) is 3.91. The van der Waals surface area contributed by atoms with E-state index in [0.717, 1.165) is 0 Å². The van der Waals surface area contributed by atoms with Crippen LogP contribution in [0.5, 0.6) is 0 Å². The van der Waals surface area contributed by atoms with Gasteiger partial charge in [0.15, 0.2) is 0 Å². The third-order valence-electron chi connectivity index (χ3n) is 12.6. The van der Waals surface area contributed by atoms with Crippen LogP contribution in [0.4, 0.5) is 0 Å². The first-order valence-corrected chi connectivity index (χ1v) is 19.9. The van der Waals surface area contributed by atoms with Gasteiger partial charge in [-0.2, -0.15) is 10.0 Å². The van der Waals surface area contributed by atoms with E-state index in [-0.39, 0.29) is 21.0 Å². The van der Waals surface area contributed by atoms with Crippen molar-refractivity contribution in [3.05, 3.63) is 161 Å². The van der Waals surface area contributed by atoms with Crippen molar-refractivity contribution in [1.29, 1.82) is 0 Å². The minimum absolute atomic E-state index is 0.0753. The lowest BCUT2D eigenvalue weighted by atomic mass is 9.82. The molecule has 0 radical (unpaired) electrons. The van der Waals surface area contributed by atoms with Gasteiger partial charge in [-0.25, -0.2) is 0 Å². The maximum atomic E-state index is 2.62. The Kier molecular flexibility index (Phi) is 6.41. The van der Waals surface area contributed by atoms with Crippen LogP contribution in [-0.2, 0) is 16.2 Å². The summed E-state index contributed by atoms with van der Waals surface area (Å²) >= 11 is 0. The van der Waals surface area contributed by atoms with E-state index in [9.17, 15) is 0 Å². The van der Waals surface area contributed by atoms with E-state index in [1.165, 1.54) is 81.4 Å². The summed E-state index contributed by atoms with van der Waals surface area (Å²) in [5.74, 6) is 0. The summed E-state index contributed by atoms with van der Waals surface area (Å²) in [5, 5.41) is 0. The second-order valence-corrected chi connectivity index (χ2v) is 21.2. The van der Waals surface area contributed by atoms with E-state index in [4.69, 9.17) is 0 Å². The van der Waals surface area contributed by atoms with Gasteiger partial charge in [-0.3, -0.25) is 0 Å². The number of benzene rings is 6. The lowest BCUT2D eigenvalue weighted by Gasteiger charge is -2.52. The van der Waals surface area contributed by atoms with Crippen molar-refractivity contribution in [3.8, 4) is 33.4 Å². The molecule has 0 amide bonds. The van der Waals surface area contributed by atoms with Crippen LogP contribution in [0.3, 0.4) is 0 Å². The summed E-state index contributed by atoms with van der Waals surface area (Å²) in [6.07, 6.45) is 0. The Morgan fingerprint density at radius 1 is 0.340 bits per heavy atom. The summed E-state index contributed by atoms with van der Waals surface area (Å²) in [6.45, 7) is 22.0. The monoisotopic (exact) mass is 668 g/mol. The Balaban J connectivity index is 1.36. The van der Waals surface area contributed by atoms with Gasteiger partial charge in [0.25, 0.3) is 0 Å². The first-order valence-electron chi connectivity index (χ1n) is 18.3. The van der Waals surface area contributed by atoms with Gasteiger partial charge in [0.1, 0.15) is 0 Å². The second kappa shape index (κ2) is 10.1. The maximum Gasteiger partial charge on any atom is 0.0159 e. The van der Waals surface area contributed by atoms with Crippen LogP contribution < -0.4 is 0 Å². The zero-order chi connectivity index (χ0) is 35.0. The smallest absolute Gasteiger partial charge is 0.0159 e. The molecule has 0 saturated carbocycles. The average Bonchev–Trinajstić information content (AvgIpc) is 3.58. The molecule has 0 heterocycles. The highest BCUT2D eigenvalue weighted by Gasteiger charge is 2.47. The quantitative estimate of drug-likeness (QED) is 0.176. The Hall–Kier alpha value is -4.33. The molecule has 0 nitrogen and oxygen atoms in total. The van der Waals surface area contributed by atoms with Crippen molar-refractivity contribution >= 4 is 10.0 Å². The van der Waals surface area contributed by atoms with Crippen molar-refractivity contribution in [1.82, 2.24) is 0 Å². The molecule has 0 spiro atoms.